The molecule has 1 heterocycles. The first kappa shape index (κ1) is 17.5. The number of aryl methyl sites for hydroxylation is 1. The second-order valence-electron chi connectivity index (χ2n) is 6.90. The molecule has 0 bridgehead atoms. The van der Waals surface area contributed by atoms with Crippen LogP contribution in [0, 0.1) is 6.92 Å². The first-order chi connectivity index (χ1) is 12.1. The summed E-state index contributed by atoms with van der Waals surface area (Å²) >= 11 is 0. The van der Waals surface area contributed by atoms with Crippen LogP contribution in [0.3, 0.4) is 0 Å². The van der Waals surface area contributed by atoms with Crippen molar-refractivity contribution in [1.82, 2.24) is 5.32 Å². The highest BCUT2D eigenvalue weighted by atomic mass is 16.2. The van der Waals surface area contributed by atoms with Gasteiger partial charge in [0.1, 0.15) is 0 Å². The Morgan fingerprint density at radius 3 is 2.40 bits per heavy atom. The molecule has 0 unspecified atom stereocenters. The quantitative estimate of drug-likeness (QED) is 0.868. The highest BCUT2D eigenvalue weighted by Gasteiger charge is 2.23. The van der Waals surface area contributed by atoms with Crippen molar-refractivity contribution in [3.05, 3.63) is 65.7 Å². The van der Waals surface area contributed by atoms with Crippen LogP contribution in [0.1, 0.15) is 24.1 Å². The summed E-state index contributed by atoms with van der Waals surface area (Å²) in [7, 11) is 0. The average molecular weight is 338 g/mol. The first-order valence-corrected chi connectivity index (χ1v) is 9.12. The van der Waals surface area contributed by atoms with Gasteiger partial charge >= 0.3 is 0 Å². The Bertz CT molecular complexity index is 693. The van der Waals surface area contributed by atoms with Crippen molar-refractivity contribution < 1.29 is 9.69 Å². The summed E-state index contributed by atoms with van der Waals surface area (Å²) in [5.41, 5.74) is 3.79. The zero-order chi connectivity index (χ0) is 17.6. The number of anilines is 1. The van der Waals surface area contributed by atoms with Crippen LogP contribution in [-0.2, 0) is 4.79 Å². The normalized spacial score (nSPS) is 16.5. The third kappa shape index (κ3) is 4.60. The number of amides is 1. The molecule has 0 aromatic heterocycles. The van der Waals surface area contributed by atoms with Gasteiger partial charge in [-0.15, -0.1) is 0 Å². The SMILES string of the molecule is Cc1ccccc1N1CC[NH+](CC(=O)N[C@H](C)c2ccccc2)CC1. The predicted octanol–water partition coefficient (Wildman–Crippen LogP) is 1.58. The predicted molar refractivity (Wildman–Crippen MR) is 102 cm³/mol. The topological polar surface area (TPSA) is 36.8 Å². The van der Waals surface area contributed by atoms with Crippen LogP contribution < -0.4 is 15.1 Å². The number of benzene rings is 2. The number of nitrogens with one attached hydrogen (secondary N) is 2. The molecule has 2 aromatic carbocycles. The fraction of sp³-hybridized carbons (Fsp3) is 0.381. The molecule has 1 aliphatic heterocycles. The van der Waals surface area contributed by atoms with Gasteiger partial charge in [-0.1, -0.05) is 48.5 Å². The first-order valence-electron chi connectivity index (χ1n) is 9.12. The molecular weight excluding hydrogens is 310 g/mol. The van der Waals surface area contributed by atoms with E-state index in [1.807, 2.05) is 25.1 Å². The average Bonchev–Trinajstić information content (AvgIpc) is 2.63. The van der Waals surface area contributed by atoms with Gasteiger partial charge in [0.2, 0.25) is 0 Å². The Morgan fingerprint density at radius 2 is 1.72 bits per heavy atom. The maximum Gasteiger partial charge on any atom is 0.275 e. The van der Waals surface area contributed by atoms with Gasteiger partial charge in [-0.05, 0) is 31.0 Å². The summed E-state index contributed by atoms with van der Waals surface area (Å²) in [4.78, 5) is 16.2. The fourth-order valence-corrected chi connectivity index (χ4v) is 3.50. The monoisotopic (exact) mass is 338 g/mol. The lowest BCUT2D eigenvalue weighted by atomic mass is 10.1. The molecular formula is C21H28N3O+. The summed E-state index contributed by atoms with van der Waals surface area (Å²) in [6.07, 6.45) is 0. The van der Waals surface area contributed by atoms with Crippen LogP contribution in [0.15, 0.2) is 54.6 Å². The molecule has 1 atom stereocenters. The van der Waals surface area contributed by atoms with Crippen LogP contribution in [0.25, 0.3) is 0 Å². The van der Waals surface area contributed by atoms with E-state index < -0.39 is 0 Å². The zero-order valence-corrected chi connectivity index (χ0v) is 15.2. The van der Waals surface area contributed by atoms with Crippen molar-refractivity contribution in [3.8, 4) is 0 Å². The molecule has 1 amide bonds. The number of carbonyl (C=O) groups excluding carboxylic acids is 1. The summed E-state index contributed by atoms with van der Waals surface area (Å²) in [6.45, 7) is 8.76. The van der Waals surface area contributed by atoms with Crippen LogP contribution in [0.4, 0.5) is 5.69 Å². The van der Waals surface area contributed by atoms with Gasteiger partial charge in [0.15, 0.2) is 6.54 Å². The zero-order valence-electron chi connectivity index (χ0n) is 15.2. The summed E-state index contributed by atoms with van der Waals surface area (Å²) in [5.74, 6) is 0.135. The van der Waals surface area contributed by atoms with Gasteiger partial charge in [0, 0.05) is 5.69 Å². The molecule has 25 heavy (non-hydrogen) atoms. The number of hydrogen-bond acceptors (Lipinski definition) is 2. The molecule has 1 aliphatic rings. The van der Waals surface area contributed by atoms with Crippen LogP contribution in [0.5, 0.6) is 0 Å². The van der Waals surface area contributed by atoms with Crippen LogP contribution >= 0.6 is 0 Å². The van der Waals surface area contributed by atoms with Crippen molar-refractivity contribution in [1.29, 1.82) is 0 Å². The Morgan fingerprint density at radius 1 is 1.08 bits per heavy atom. The summed E-state index contributed by atoms with van der Waals surface area (Å²) < 4.78 is 0. The van der Waals surface area contributed by atoms with Gasteiger partial charge in [0.05, 0.1) is 32.2 Å². The van der Waals surface area contributed by atoms with E-state index in [9.17, 15) is 4.79 Å². The summed E-state index contributed by atoms with van der Waals surface area (Å²) in [6, 6.07) is 18.7. The van der Waals surface area contributed by atoms with Crippen molar-refractivity contribution in [2.45, 2.75) is 19.9 Å². The number of piperazine rings is 1. The lowest BCUT2D eigenvalue weighted by Crippen LogP contribution is -3.16. The van der Waals surface area contributed by atoms with Gasteiger partial charge in [0.25, 0.3) is 5.91 Å². The van der Waals surface area contributed by atoms with Crippen molar-refractivity contribution in [3.63, 3.8) is 0 Å². The molecule has 4 nitrogen and oxygen atoms in total. The molecule has 4 heteroatoms. The Kier molecular flexibility index (Phi) is 5.71. The van der Waals surface area contributed by atoms with E-state index in [0.717, 1.165) is 31.7 Å². The summed E-state index contributed by atoms with van der Waals surface area (Å²) in [5, 5.41) is 3.12. The molecule has 132 valence electrons. The number of hydrogen-bond donors (Lipinski definition) is 2. The molecule has 0 aliphatic carbocycles. The maximum absolute atomic E-state index is 12.4. The Labute approximate surface area is 150 Å². The minimum atomic E-state index is 0.0568. The highest BCUT2D eigenvalue weighted by molar-refractivity contribution is 5.77. The van der Waals surface area contributed by atoms with E-state index in [-0.39, 0.29) is 11.9 Å². The van der Waals surface area contributed by atoms with Crippen LogP contribution in [-0.4, -0.2) is 38.6 Å². The van der Waals surface area contributed by atoms with E-state index in [2.05, 4.69) is 53.5 Å². The van der Waals surface area contributed by atoms with Gasteiger partial charge in [-0.25, -0.2) is 0 Å². The van der Waals surface area contributed by atoms with Crippen molar-refractivity contribution in [2.75, 3.05) is 37.6 Å². The molecule has 1 fully saturated rings. The van der Waals surface area contributed by atoms with Crippen molar-refractivity contribution >= 4 is 11.6 Å². The van der Waals surface area contributed by atoms with Crippen LogP contribution in [0.2, 0.25) is 0 Å². The standard InChI is InChI=1S/C21H27N3O/c1-17-8-6-7-11-20(17)24-14-12-23(13-15-24)16-21(25)22-18(2)19-9-4-3-5-10-19/h3-11,18H,12-16H2,1-2H3,(H,22,25)/p+1/t18-/m1/s1. The fourth-order valence-electron chi connectivity index (χ4n) is 3.50. The third-order valence-electron chi connectivity index (χ3n) is 5.01. The highest BCUT2D eigenvalue weighted by Crippen LogP contribution is 2.18. The lowest BCUT2D eigenvalue weighted by Gasteiger charge is -2.34. The molecule has 2 N–H and O–H groups in total. The van der Waals surface area contributed by atoms with Gasteiger partial charge in [-0.3, -0.25) is 4.79 Å². The van der Waals surface area contributed by atoms with E-state index in [1.165, 1.54) is 16.2 Å². The second-order valence-corrected chi connectivity index (χ2v) is 6.90. The van der Waals surface area contributed by atoms with Gasteiger partial charge in [-0.2, -0.15) is 0 Å². The number of para-hydroxylation sites is 1. The maximum atomic E-state index is 12.4. The third-order valence-corrected chi connectivity index (χ3v) is 5.01. The van der Waals surface area contributed by atoms with Gasteiger partial charge < -0.3 is 15.1 Å². The molecule has 0 radical (unpaired) electrons. The number of quaternary nitrogens is 1. The smallest absolute Gasteiger partial charge is 0.275 e. The minimum Gasteiger partial charge on any atom is -0.360 e. The number of carbonyl (C=O) groups is 1. The van der Waals surface area contributed by atoms with E-state index in [4.69, 9.17) is 0 Å². The number of nitrogens with zero attached hydrogens (tertiary/aromatic N) is 1. The second kappa shape index (κ2) is 8.17. The van der Waals surface area contributed by atoms with Crippen molar-refractivity contribution in [2.24, 2.45) is 0 Å². The lowest BCUT2D eigenvalue weighted by molar-refractivity contribution is -0.892. The minimum absolute atomic E-state index is 0.0568. The molecule has 3 rings (SSSR count). The molecule has 0 spiro atoms. The van der Waals surface area contributed by atoms with E-state index >= 15 is 0 Å². The Balaban J connectivity index is 1.47. The Hall–Kier alpha value is -2.33. The molecule has 1 saturated heterocycles. The van der Waals surface area contributed by atoms with E-state index in [0.29, 0.717) is 6.54 Å². The molecule has 2 aromatic rings. The largest absolute Gasteiger partial charge is 0.360 e. The molecule has 0 saturated carbocycles. The number of rotatable bonds is 5. The van der Waals surface area contributed by atoms with E-state index in [1.54, 1.807) is 0 Å².